The van der Waals surface area contributed by atoms with E-state index in [1.165, 1.54) is 19.3 Å². The van der Waals surface area contributed by atoms with Crippen LogP contribution >= 0.6 is 0 Å². The van der Waals surface area contributed by atoms with Gasteiger partial charge in [-0.3, -0.25) is 0 Å². The summed E-state index contributed by atoms with van der Waals surface area (Å²) < 4.78 is 0. The highest BCUT2D eigenvalue weighted by atomic mass is 14.4. The molecule has 1 fully saturated rings. The maximum absolute atomic E-state index is 3.10. The van der Waals surface area contributed by atoms with Crippen molar-refractivity contribution in [3.8, 4) is 11.8 Å². The van der Waals surface area contributed by atoms with Crippen LogP contribution in [-0.4, -0.2) is 0 Å². The molecule has 0 aromatic rings. The molecular weight excluding hydrogens is 72.1 g/mol. The molecule has 0 saturated heterocycles. The van der Waals surface area contributed by atoms with Gasteiger partial charge >= 0.3 is 0 Å². The zero-order valence-corrected chi connectivity index (χ0v) is 3.62. The molecule has 0 aromatic carbocycles. The molecule has 0 atom stereocenters. The van der Waals surface area contributed by atoms with Gasteiger partial charge in [0.1, 0.15) is 0 Å². The van der Waals surface area contributed by atoms with E-state index in [0.717, 1.165) is 0 Å². The van der Waals surface area contributed by atoms with Crippen molar-refractivity contribution in [2.24, 2.45) is 5.41 Å². The summed E-state index contributed by atoms with van der Waals surface area (Å²) in [4.78, 5) is 0. The normalized spacial score (nSPS) is 30.7. The van der Waals surface area contributed by atoms with Gasteiger partial charge < -0.3 is 0 Å². The van der Waals surface area contributed by atoms with Crippen molar-refractivity contribution in [3.63, 3.8) is 0 Å². The average Bonchev–Trinajstić information content (AvgIpc) is 2.02. The van der Waals surface area contributed by atoms with Gasteiger partial charge in [-0.2, -0.15) is 0 Å². The molecule has 0 heteroatoms. The van der Waals surface area contributed by atoms with Gasteiger partial charge in [-0.05, 0) is 19.3 Å². The Hall–Kier alpha value is -0.440. The lowest BCUT2D eigenvalue weighted by molar-refractivity contribution is 0.339. The Morgan fingerprint density at radius 1 is 1.17 bits per heavy atom. The summed E-state index contributed by atoms with van der Waals surface area (Å²) in [5, 5.41) is 0. The van der Waals surface area contributed by atoms with Gasteiger partial charge in [-0.1, -0.05) is 11.8 Å². The zero-order chi connectivity index (χ0) is 4.04. The number of hydrogen-bond donors (Lipinski definition) is 0. The molecule has 0 N–H and O–H groups in total. The third kappa shape index (κ3) is 0.148. The van der Waals surface area contributed by atoms with Crippen molar-refractivity contribution in [1.82, 2.24) is 0 Å². The van der Waals surface area contributed by atoms with Crippen LogP contribution in [-0.2, 0) is 0 Å². The first-order valence-corrected chi connectivity index (χ1v) is 2.46. The predicted molar refractivity (Wildman–Crippen MR) is 24.1 cm³/mol. The predicted octanol–water partition coefficient (Wildman–Crippen LogP) is 1.17. The lowest BCUT2D eigenvalue weighted by Crippen LogP contribution is -2.14. The fourth-order valence-electron chi connectivity index (χ4n) is 0.869. The average molecular weight is 78.1 g/mol. The Morgan fingerprint density at radius 2 is 1.83 bits per heavy atom. The minimum atomic E-state index is 0.472. The summed E-state index contributed by atoms with van der Waals surface area (Å²) in [7, 11) is 0. The van der Waals surface area contributed by atoms with Crippen molar-refractivity contribution in [2.45, 2.75) is 19.3 Å². The van der Waals surface area contributed by atoms with E-state index in [-0.39, 0.29) is 0 Å². The van der Waals surface area contributed by atoms with Crippen LogP contribution in [0, 0.1) is 17.3 Å². The van der Waals surface area contributed by atoms with E-state index >= 15 is 0 Å². The molecule has 0 aliphatic heterocycles. The van der Waals surface area contributed by atoms with Crippen LogP contribution in [0.25, 0.3) is 0 Å². The minimum Gasteiger partial charge on any atom is -0.0818 e. The highest BCUT2D eigenvalue weighted by Crippen LogP contribution is 2.46. The Bertz CT molecular complexity index is 120. The summed E-state index contributed by atoms with van der Waals surface area (Å²) in [6.45, 7) is 0. The summed E-state index contributed by atoms with van der Waals surface area (Å²) in [6, 6.07) is 0. The van der Waals surface area contributed by atoms with Crippen LogP contribution < -0.4 is 0 Å². The molecule has 0 heterocycles. The molecule has 2 aliphatic carbocycles. The minimum absolute atomic E-state index is 0.472. The number of hydrogen-bond acceptors (Lipinski definition) is 0. The molecule has 0 amide bonds. The molecule has 2 aliphatic rings. The van der Waals surface area contributed by atoms with Crippen molar-refractivity contribution in [2.75, 3.05) is 0 Å². The van der Waals surface area contributed by atoms with E-state index in [1.54, 1.807) is 0 Å². The van der Waals surface area contributed by atoms with Crippen LogP contribution in [0.5, 0.6) is 0 Å². The first-order valence-electron chi connectivity index (χ1n) is 2.46. The fourth-order valence-corrected chi connectivity index (χ4v) is 0.869. The molecule has 1 spiro atoms. The molecule has 2 rings (SSSR count). The standard InChI is InChI=1S/C6H6/c1-2-6(3-1)4-5-6/h1-3H2. The molecule has 0 radical (unpaired) electrons. The Balaban J connectivity index is 2.14. The lowest BCUT2D eigenvalue weighted by Gasteiger charge is -2.22. The monoisotopic (exact) mass is 78.0 g/mol. The van der Waals surface area contributed by atoms with Crippen LogP contribution in [0.3, 0.4) is 0 Å². The summed E-state index contributed by atoms with van der Waals surface area (Å²) in [5.74, 6) is 6.19. The molecule has 0 bridgehead atoms. The molecule has 0 unspecified atom stereocenters. The number of rotatable bonds is 0. The van der Waals surface area contributed by atoms with Crippen molar-refractivity contribution in [3.05, 3.63) is 0 Å². The van der Waals surface area contributed by atoms with Crippen molar-refractivity contribution in [1.29, 1.82) is 0 Å². The molecule has 30 valence electrons. The van der Waals surface area contributed by atoms with Gasteiger partial charge in [0.05, 0.1) is 5.41 Å². The van der Waals surface area contributed by atoms with Crippen LogP contribution in [0.2, 0.25) is 0 Å². The van der Waals surface area contributed by atoms with E-state index in [2.05, 4.69) is 11.8 Å². The smallest absolute Gasteiger partial charge is 0.0818 e. The lowest BCUT2D eigenvalue weighted by atomic mass is 9.79. The van der Waals surface area contributed by atoms with E-state index < -0.39 is 0 Å². The fraction of sp³-hybridized carbons (Fsp3) is 0.667. The van der Waals surface area contributed by atoms with Crippen molar-refractivity contribution < 1.29 is 0 Å². The van der Waals surface area contributed by atoms with E-state index in [9.17, 15) is 0 Å². The van der Waals surface area contributed by atoms with Gasteiger partial charge in [0.25, 0.3) is 0 Å². The maximum atomic E-state index is 3.10. The Morgan fingerprint density at radius 3 is 1.83 bits per heavy atom. The Kier molecular flexibility index (Phi) is 0.232. The van der Waals surface area contributed by atoms with Crippen molar-refractivity contribution >= 4 is 0 Å². The zero-order valence-electron chi connectivity index (χ0n) is 3.62. The molecule has 1 saturated carbocycles. The third-order valence-corrected chi connectivity index (χ3v) is 1.69. The largest absolute Gasteiger partial charge is 0.0919 e. The quantitative estimate of drug-likeness (QED) is 0.381. The third-order valence-electron chi connectivity index (χ3n) is 1.69. The second kappa shape index (κ2) is 0.518. The van der Waals surface area contributed by atoms with Gasteiger partial charge in [0.2, 0.25) is 0 Å². The summed E-state index contributed by atoms with van der Waals surface area (Å²) in [6.07, 6.45) is 4.08. The van der Waals surface area contributed by atoms with E-state index in [0.29, 0.717) is 5.41 Å². The topological polar surface area (TPSA) is 0 Å². The first-order chi connectivity index (χ1) is 2.91. The van der Waals surface area contributed by atoms with Gasteiger partial charge in [-0.15, -0.1) is 0 Å². The van der Waals surface area contributed by atoms with E-state index in [1.807, 2.05) is 0 Å². The highest BCUT2D eigenvalue weighted by molar-refractivity contribution is 5.42. The van der Waals surface area contributed by atoms with Crippen LogP contribution in [0.4, 0.5) is 0 Å². The van der Waals surface area contributed by atoms with Crippen LogP contribution in [0.1, 0.15) is 19.3 Å². The first kappa shape index (κ1) is 2.69. The second-order valence-corrected chi connectivity index (χ2v) is 2.19. The van der Waals surface area contributed by atoms with Gasteiger partial charge in [-0.25, -0.2) is 0 Å². The highest BCUT2D eigenvalue weighted by Gasteiger charge is 2.40. The van der Waals surface area contributed by atoms with E-state index in [4.69, 9.17) is 0 Å². The second-order valence-electron chi connectivity index (χ2n) is 2.19. The van der Waals surface area contributed by atoms with Crippen LogP contribution in [0.15, 0.2) is 0 Å². The molecule has 6 heavy (non-hydrogen) atoms. The SMILES string of the molecule is C1#CC12CCC2. The molecular formula is C6H6. The van der Waals surface area contributed by atoms with Gasteiger partial charge in [0, 0.05) is 0 Å². The maximum Gasteiger partial charge on any atom is 0.0919 e. The van der Waals surface area contributed by atoms with Gasteiger partial charge in [0.15, 0.2) is 0 Å². The summed E-state index contributed by atoms with van der Waals surface area (Å²) in [5.41, 5.74) is 0.472. The summed E-state index contributed by atoms with van der Waals surface area (Å²) >= 11 is 0. The Labute approximate surface area is 37.6 Å². The molecule has 0 nitrogen and oxygen atoms in total. The molecule has 0 aromatic heterocycles.